The third-order valence-corrected chi connectivity index (χ3v) is 3.43. The van der Waals surface area contributed by atoms with Crippen LogP contribution in [0.5, 0.6) is 0 Å². The molecule has 0 aliphatic carbocycles. The summed E-state index contributed by atoms with van der Waals surface area (Å²) >= 11 is 5.91. The minimum absolute atomic E-state index is 0.206. The summed E-state index contributed by atoms with van der Waals surface area (Å²) in [4.78, 5) is 10.8. The molecule has 4 nitrogen and oxygen atoms in total. The van der Waals surface area contributed by atoms with Gasteiger partial charge in [0.25, 0.3) is 0 Å². The highest BCUT2D eigenvalue weighted by molar-refractivity contribution is 6.30. The molecule has 0 aliphatic heterocycles. The topological polar surface area (TPSA) is 67.2 Å². The molecule has 0 aromatic heterocycles. The maximum atomic E-state index is 10.8. The number of halogens is 1. The van der Waals surface area contributed by atoms with E-state index in [9.17, 15) is 4.79 Å². The van der Waals surface area contributed by atoms with Gasteiger partial charge in [0.05, 0.1) is 6.04 Å². The normalized spacial score (nSPS) is 11.7. The molecule has 2 rings (SSSR count). The van der Waals surface area contributed by atoms with Crippen LogP contribution in [0.4, 0.5) is 16.2 Å². The van der Waals surface area contributed by atoms with Crippen molar-refractivity contribution >= 4 is 29.0 Å². The number of hydrogen-bond donors (Lipinski definition) is 3. The number of benzene rings is 2. The Morgan fingerprint density at radius 2 is 1.67 bits per heavy atom. The maximum Gasteiger partial charge on any atom is 0.316 e. The number of amides is 2. The zero-order valence-corrected chi connectivity index (χ0v) is 12.5. The van der Waals surface area contributed by atoms with E-state index in [4.69, 9.17) is 17.3 Å². The van der Waals surface area contributed by atoms with Crippen molar-refractivity contribution in [2.24, 2.45) is 5.73 Å². The standard InChI is InChI=1S/C16H18ClN3O/c1-2-15(11-3-5-12(17)6-4-11)19-13-7-9-14(10-8-13)20-16(18)21/h3-10,15,19H,2H2,1H3,(H3,18,20,21). The number of nitrogens with one attached hydrogen (secondary N) is 2. The molecule has 1 atom stereocenters. The molecular formula is C16H18ClN3O. The number of nitrogens with two attached hydrogens (primary N) is 1. The highest BCUT2D eigenvalue weighted by Crippen LogP contribution is 2.24. The van der Waals surface area contributed by atoms with Crippen molar-refractivity contribution in [1.82, 2.24) is 0 Å². The first-order valence-corrected chi connectivity index (χ1v) is 7.15. The van der Waals surface area contributed by atoms with E-state index < -0.39 is 6.03 Å². The lowest BCUT2D eigenvalue weighted by Crippen LogP contribution is -2.19. The first-order valence-electron chi connectivity index (χ1n) is 6.77. The molecule has 2 aromatic rings. The number of urea groups is 1. The lowest BCUT2D eigenvalue weighted by molar-refractivity contribution is 0.259. The number of rotatable bonds is 5. The first kappa shape index (κ1) is 15.2. The summed E-state index contributed by atoms with van der Waals surface area (Å²) in [6, 6.07) is 14.9. The number of primary amides is 1. The molecule has 4 N–H and O–H groups in total. The Balaban J connectivity index is 2.07. The van der Waals surface area contributed by atoms with Gasteiger partial charge < -0.3 is 16.4 Å². The minimum Gasteiger partial charge on any atom is -0.378 e. The molecule has 5 heteroatoms. The number of carbonyl (C=O) groups is 1. The Morgan fingerprint density at radius 3 is 2.19 bits per heavy atom. The van der Waals surface area contributed by atoms with Gasteiger partial charge in [-0.2, -0.15) is 0 Å². The molecule has 2 amide bonds. The van der Waals surface area contributed by atoms with Crippen molar-refractivity contribution in [3.63, 3.8) is 0 Å². The molecule has 0 fully saturated rings. The lowest BCUT2D eigenvalue weighted by atomic mass is 10.0. The third kappa shape index (κ3) is 4.39. The summed E-state index contributed by atoms with van der Waals surface area (Å²) in [7, 11) is 0. The van der Waals surface area contributed by atoms with Gasteiger partial charge in [0.2, 0.25) is 0 Å². The Kier molecular flexibility index (Phi) is 5.06. The molecule has 2 aromatic carbocycles. The van der Waals surface area contributed by atoms with Crippen LogP contribution in [0.25, 0.3) is 0 Å². The second-order valence-electron chi connectivity index (χ2n) is 4.72. The molecule has 21 heavy (non-hydrogen) atoms. The van der Waals surface area contributed by atoms with E-state index in [1.54, 1.807) is 0 Å². The van der Waals surface area contributed by atoms with E-state index in [1.807, 2.05) is 48.5 Å². The van der Waals surface area contributed by atoms with Crippen molar-refractivity contribution in [2.75, 3.05) is 10.6 Å². The van der Waals surface area contributed by atoms with Crippen LogP contribution in [-0.4, -0.2) is 6.03 Å². The van der Waals surface area contributed by atoms with Crippen LogP contribution in [0.1, 0.15) is 24.9 Å². The molecule has 0 radical (unpaired) electrons. The van der Waals surface area contributed by atoms with Gasteiger partial charge in [-0.1, -0.05) is 30.7 Å². The highest BCUT2D eigenvalue weighted by atomic mass is 35.5. The molecule has 0 bridgehead atoms. The van der Waals surface area contributed by atoms with Gasteiger partial charge in [0.1, 0.15) is 0 Å². The van der Waals surface area contributed by atoms with Gasteiger partial charge in [0.15, 0.2) is 0 Å². The van der Waals surface area contributed by atoms with Gasteiger partial charge >= 0.3 is 6.03 Å². The predicted molar refractivity (Wildman–Crippen MR) is 87.8 cm³/mol. The monoisotopic (exact) mass is 303 g/mol. The average molecular weight is 304 g/mol. The summed E-state index contributed by atoms with van der Waals surface area (Å²) < 4.78 is 0. The fraction of sp³-hybridized carbons (Fsp3) is 0.188. The molecule has 0 saturated carbocycles. The SMILES string of the molecule is CCC(Nc1ccc(NC(N)=O)cc1)c1ccc(Cl)cc1. The Morgan fingerprint density at radius 1 is 1.10 bits per heavy atom. The summed E-state index contributed by atoms with van der Waals surface area (Å²) in [5.41, 5.74) is 7.91. The first-order chi connectivity index (χ1) is 10.1. The highest BCUT2D eigenvalue weighted by Gasteiger charge is 2.09. The van der Waals surface area contributed by atoms with Crippen LogP contribution in [0.2, 0.25) is 5.02 Å². The van der Waals surface area contributed by atoms with Crippen molar-refractivity contribution in [3.05, 3.63) is 59.1 Å². The fourth-order valence-electron chi connectivity index (χ4n) is 2.11. The number of hydrogen-bond acceptors (Lipinski definition) is 2. The summed E-state index contributed by atoms with van der Waals surface area (Å²) in [6.45, 7) is 2.12. The Hall–Kier alpha value is -2.20. The van der Waals surface area contributed by atoms with Crippen LogP contribution in [-0.2, 0) is 0 Å². The van der Waals surface area contributed by atoms with E-state index in [-0.39, 0.29) is 6.04 Å². The smallest absolute Gasteiger partial charge is 0.316 e. The van der Waals surface area contributed by atoms with Gasteiger partial charge in [-0.3, -0.25) is 0 Å². The van der Waals surface area contributed by atoms with E-state index >= 15 is 0 Å². The van der Waals surface area contributed by atoms with Crippen LogP contribution in [0, 0.1) is 0 Å². The molecular weight excluding hydrogens is 286 g/mol. The molecule has 110 valence electrons. The zero-order chi connectivity index (χ0) is 15.2. The minimum atomic E-state index is -0.566. The van der Waals surface area contributed by atoms with Gasteiger partial charge in [-0.15, -0.1) is 0 Å². The van der Waals surface area contributed by atoms with Gasteiger partial charge in [-0.05, 0) is 48.4 Å². The maximum absolute atomic E-state index is 10.8. The third-order valence-electron chi connectivity index (χ3n) is 3.17. The second kappa shape index (κ2) is 6.99. The van der Waals surface area contributed by atoms with Crippen LogP contribution in [0.15, 0.2) is 48.5 Å². The fourth-order valence-corrected chi connectivity index (χ4v) is 2.24. The lowest BCUT2D eigenvalue weighted by Gasteiger charge is -2.19. The van der Waals surface area contributed by atoms with Crippen LogP contribution < -0.4 is 16.4 Å². The quantitative estimate of drug-likeness (QED) is 0.766. The molecule has 0 saturated heterocycles. The average Bonchev–Trinajstić information content (AvgIpc) is 2.47. The molecule has 0 spiro atoms. The largest absolute Gasteiger partial charge is 0.378 e. The Bertz CT molecular complexity index is 596. The van der Waals surface area contributed by atoms with E-state index in [2.05, 4.69) is 17.6 Å². The molecule has 0 heterocycles. The summed E-state index contributed by atoms with van der Waals surface area (Å²) in [5, 5.41) is 6.72. The van der Waals surface area contributed by atoms with Gasteiger partial charge in [-0.25, -0.2) is 4.79 Å². The predicted octanol–water partition coefficient (Wildman–Crippen LogP) is 4.39. The molecule has 0 aliphatic rings. The summed E-state index contributed by atoms with van der Waals surface area (Å²) in [5.74, 6) is 0. The number of carbonyl (C=O) groups excluding carboxylic acids is 1. The van der Waals surface area contributed by atoms with Crippen LogP contribution >= 0.6 is 11.6 Å². The van der Waals surface area contributed by atoms with Crippen molar-refractivity contribution in [3.8, 4) is 0 Å². The zero-order valence-electron chi connectivity index (χ0n) is 11.8. The van der Waals surface area contributed by atoms with Crippen molar-refractivity contribution in [1.29, 1.82) is 0 Å². The van der Waals surface area contributed by atoms with E-state index in [1.165, 1.54) is 5.56 Å². The van der Waals surface area contributed by atoms with Crippen molar-refractivity contribution in [2.45, 2.75) is 19.4 Å². The summed E-state index contributed by atoms with van der Waals surface area (Å²) in [6.07, 6.45) is 0.947. The van der Waals surface area contributed by atoms with Gasteiger partial charge in [0, 0.05) is 16.4 Å². The Labute approximate surface area is 129 Å². The van der Waals surface area contributed by atoms with Crippen molar-refractivity contribution < 1.29 is 4.79 Å². The molecule has 1 unspecified atom stereocenters. The second-order valence-corrected chi connectivity index (χ2v) is 5.16. The number of anilines is 2. The van der Waals surface area contributed by atoms with Crippen LogP contribution in [0.3, 0.4) is 0 Å². The van der Waals surface area contributed by atoms with E-state index in [0.717, 1.165) is 17.1 Å². The van der Waals surface area contributed by atoms with E-state index in [0.29, 0.717) is 5.69 Å².